The molecule has 0 radical (unpaired) electrons. The lowest BCUT2D eigenvalue weighted by Gasteiger charge is -2.22. The molecule has 0 aromatic heterocycles. The summed E-state index contributed by atoms with van der Waals surface area (Å²) in [6.07, 6.45) is 3.98. The van der Waals surface area contributed by atoms with Gasteiger partial charge in [-0.3, -0.25) is 9.59 Å². The number of fused-ring (bicyclic) bond motifs is 1. The summed E-state index contributed by atoms with van der Waals surface area (Å²) in [5.74, 6) is -0.343. The monoisotopic (exact) mass is 336 g/mol. The number of sulfonamides is 1. The lowest BCUT2D eigenvalue weighted by Crippen LogP contribution is -2.36. The molecular formula is C16H20N2O4S. The second-order valence-electron chi connectivity index (χ2n) is 5.92. The molecule has 0 spiro atoms. The number of carbonyl (C=O) groups is 2. The maximum atomic E-state index is 12.4. The van der Waals surface area contributed by atoms with Crippen molar-refractivity contribution < 1.29 is 18.0 Å². The van der Waals surface area contributed by atoms with E-state index in [-0.39, 0.29) is 22.9 Å². The number of nitrogens with zero attached hydrogens (tertiary/aromatic N) is 2. The van der Waals surface area contributed by atoms with Crippen molar-refractivity contribution in [2.45, 2.75) is 37.0 Å². The van der Waals surface area contributed by atoms with Crippen LogP contribution >= 0.6 is 0 Å². The Hall–Kier alpha value is -1.89. The summed E-state index contributed by atoms with van der Waals surface area (Å²) in [6, 6.07) is 6.27. The highest BCUT2D eigenvalue weighted by Crippen LogP contribution is 2.29. The summed E-state index contributed by atoms with van der Waals surface area (Å²) < 4.78 is 25.8. The van der Waals surface area contributed by atoms with Crippen molar-refractivity contribution in [2.75, 3.05) is 19.6 Å². The summed E-state index contributed by atoms with van der Waals surface area (Å²) in [4.78, 5) is 26.1. The zero-order valence-electron chi connectivity index (χ0n) is 12.9. The van der Waals surface area contributed by atoms with Crippen LogP contribution < -0.4 is 0 Å². The van der Waals surface area contributed by atoms with E-state index in [1.807, 2.05) is 0 Å². The molecule has 2 aliphatic rings. The first kappa shape index (κ1) is 16.0. The zero-order chi connectivity index (χ0) is 16.4. The Kier molecular flexibility index (Phi) is 4.39. The molecule has 0 saturated carbocycles. The van der Waals surface area contributed by atoms with E-state index in [4.69, 9.17) is 0 Å². The van der Waals surface area contributed by atoms with Gasteiger partial charge in [0.1, 0.15) is 4.90 Å². The highest BCUT2D eigenvalue weighted by molar-refractivity contribution is 7.90. The topological polar surface area (TPSA) is 74.8 Å². The maximum Gasteiger partial charge on any atom is 0.269 e. The Balaban J connectivity index is 1.65. The lowest BCUT2D eigenvalue weighted by atomic mass is 10.2. The van der Waals surface area contributed by atoms with Gasteiger partial charge < -0.3 is 4.90 Å². The molecule has 0 unspecified atom stereocenters. The van der Waals surface area contributed by atoms with E-state index in [1.54, 1.807) is 17.0 Å². The van der Waals surface area contributed by atoms with Gasteiger partial charge in [0.05, 0.1) is 5.56 Å². The number of benzene rings is 1. The Morgan fingerprint density at radius 1 is 1.00 bits per heavy atom. The predicted octanol–water partition coefficient (Wildman–Crippen LogP) is 1.62. The van der Waals surface area contributed by atoms with Crippen LogP contribution in [0.1, 0.15) is 42.5 Å². The van der Waals surface area contributed by atoms with Gasteiger partial charge in [0, 0.05) is 26.1 Å². The average molecular weight is 336 g/mol. The van der Waals surface area contributed by atoms with Crippen LogP contribution in [-0.4, -0.2) is 49.1 Å². The molecule has 2 amide bonds. The number of carbonyl (C=O) groups excluding carboxylic acids is 2. The van der Waals surface area contributed by atoms with E-state index in [2.05, 4.69) is 0 Å². The van der Waals surface area contributed by atoms with E-state index in [0.29, 0.717) is 19.4 Å². The third-order valence-corrected chi connectivity index (χ3v) is 6.21. The van der Waals surface area contributed by atoms with Gasteiger partial charge in [-0.05, 0) is 31.4 Å². The van der Waals surface area contributed by atoms with E-state index < -0.39 is 15.9 Å². The van der Waals surface area contributed by atoms with Crippen molar-refractivity contribution in [2.24, 2.45) is 0 Å². The number of likely N-dealkylation sites (tertiary alicyclic amines) is 1. The third-order valence-electron chi connectivity index (χ3n) is 4.37. The Bertz CT molecular complexity index is 729. The average Bonchev–Trinajstić information content (AvgIpc) is 2.68. The molecule has 1 fully saturated rings. The van der Waals surface area contributed by atoms with Crippen molar-refractivity contribution in [1.29, 1.82) is 0 Å². The van der Waals surface area contributed by atoms with Crippen molar-refractivity contribution in [3.63, 3.8) is 0 Å². The van der Waals surface area contributed by atoms with Crippen LogP contribution in [0, 0.1) is 0 Å². The molecule has 1 aromatic carbocycles. The van der Waals surface area contributed by atoms with Crippen molar-refractivity contribution in [3.8, 4) is 0 Å². The molecule has 7 heteroatoms. The number of rotatable bonds is 4. The summed E-state index contributed by atoms with van der Waals surface area (Å²) >= 11 is 0. The minimum Gasteiger partial charge on any atom is -0.343 e. The normalized spacial score (nSPS) is 20.5. The van der Waals surface area contributed by atoms with Crippen LogP contribution in [0.4, 0.5) is 0 Å². The van der Waals surface area contributed by atoms with Crippen molar-refractivity contribution in [3.05, 3.63) is 29.8 Å². The smallest absolute Gasteiger partial charge is 0.269 e. The first-order valence-electron chi connectivity index (χ1n) is 7.96. The van der Waals surface area contributed by atoms with Crippen LogP contribution in [0.3, 0.4) is 0 Å². The van der Waals surface area contributed by atoms with Crippen molar-refractivity contribution >= 4 is 21.8 Å². The van der Waals surface area contributed by atoms with Crippen LogP contribution in [0.2, 0.25) is 0 Å². The van der Waals surface area contributed by atoms with Gasteiger partial charge in [0.15, 0.2) is 0 Å². The second kappa shape index (κ2) is 6.31. The fourth-order valence-corrected chi connectivity index (χ4v) is 4.74. The fraction of sp³-hybridized carbons (Fsp3) is 0.500. The molecule has 6 nitrogen and oxygen atoms in total. The molecule has 0 N–H and O–H groups in total. The molecular weight excluding hydrogens is 316 g/mol. The lowest BCUT2D eigenvalue weighted by molar-refractivity contribution is -0.130. The number of amides is 2. The van der Waals surface area contributed by atoms with Crippen LogP contribution in [-0.2, 0) is 14.8 Å². The van der Waals surface area contributed by atoms with E-state index in [0.717, 1.165) is 30.1 Å². The van der Waals surface area contributed by atoms with E-state index in [9.17, 15) is 18.0 Å². The second-order valence-corrected chi connectivity index (χ2v) is 7.75. The quantitative estimate of drug-likeness (QED) is 0.837. The van der Waals surface area contributed by atoms with Crippen LogP contribution in [0.15, 0.2) is 29.2 Å². The van der Waals surface area contributed by atoms with Gasteiger partial charge in [-0.25, -0.2) is 12.7 Å². The van der Waals surface area contributed by atoms with Crippen LogP contribution in [0.5, 0.6) is 0 Å². The fourth-order valence-electron chi connectivity index (χ4n) is 3.13. The first-order valence-corrected chi connectivity index (χ1v) is 9.40. The number of hydrogen-bond acceptors (Lipinski definition) is 4. The minimum atomic E-state index is -3.74. The Morgan fingerprint density at radius 2 is 1.78 bits per heavy atom. The summed E-state index contributed by atoms with van der Waals surface area (Å²) in [6.45, 7) is 1.33. The Morgan fingerprint density at radius 3 is 2.57 bits per heavy atom. The van der Waals surface area contributed by atoms with Gasteiger partial charge >= 0.3 is 0 Å². The molecule has 1 aromatic rings. The molecule has 3 rings (SSSR count). The first-order chi connectivity index (χ1) is 11.0. The molecule has 124 valence electrons. The molecule has 1 saturated heterocycles. The van der Waals surface area contributed by atoms with Gasteiger partial charge in [-0.2, -0.15) is 0 Å². The molecule has 2 heterocycles. The molecule has 0 bridgehead atoms. The summed E-state index contributed by atoms with van der Waals surface area (Å²) in [5.41, 5.74) is 0.235. The van der Waals surface area contributed by atoms with Gasteiger partial charge in [-0.1, -0.05) is 18.6 Å². The van der Waals surface area contributed by atoms with E-state index >= 15 is 0 Å². The summed E-state index contributed by atoms with van der Waals surface area (Å²) in [5, 5.41) is 0. The molecule has 2 aliphatic heterocycles. The molecule has 0 aliphatic carbocycles. The van der Waals surface area contributed by atoms with Gasteiger partial charge in [0.2, 0.25) is 5.91 Å². The number of hydrogen-bond donors (Lipinski definition) is 0. The van der Waals surface area contributed by atoms with Crippen molar-refractivity contribution in [1.82, 2.24) is 9.21 Å². The SMILES string of the molecule is O=C1CCCCCN1CCCN1C(=O)c2ccccc2S1(=O)=O. The Labute approximate surface area is 136 Å². The molecule has 0 atom stereocenters. The minimum absolute atomic E-state index is 0.0795. The van der Waals surface area contributed by atoms with Gasteiger partial charge in [-0.15, -0.1) is 0 Å². The van der Waals surface area contributed by atoms with E-state index in [1.165, 1.54) is 12.1 Å². The summed E-state index contributed by atoms with van der Waals surface area (Å²) in [7, 11) is -3.74. The van der Waals surface area contributed by atoms with Crippen LogP contribution in [0.25, 0.3) is 0 Å². The zero-order valence-corrected chi connectivity index (χ0v) is 13.7. The highest BCUT2D eigenvalue weighted by Gasteiger charge is 2.40. The standard InChI is InChI=1S/C16H20N2O4S/c19-15-9-2-1-5-10-17(15)11-6-12-18-16(20)13-7-3-4-8-14(13)23(18,21)22/h3-4,7-8H,1-2,5-6,9-12H2. The predicted molar refractivity (Wildman–Crippen MR) is 84.3 cm³/mol. The third kappa shape index (κ3) is 2.97. The largest absolute Gasteiger partial charge is 0.343 e. The maximum absolute atomic E-state index is 12.4. The highest BCUT2D eigenvalue weighted by atomic mass is 32.2. The molecule has 23 heavy (non-hydrogen) atoms. The van der Waals surface area contributed by atoms with Gasteiger partial charge in [0.25, 0.3) is 15.9 Å².